The van der Waals surface area contributed by atoms with Gasteiger partial charge in [-0.3, -0.25) is 0 Å². The van der Waals surface area contributed by atoms with Gasteiger partial charge in [-0.15, -0.1) is 0 Å². The Bertz CT molecular complexity index is 560. The van der Waals surface area contributed by atoms with Gasteiger partial charge in [-0.25, -0.2) is 13.1 Å². The van der Waals surface area contributed by atoms with Crippen LogP contribution in [0.25, 0.3) is 0 Å². The highest BCUT2D eigenvalue weighted by Crippen LogP contribution is 2.10. The Morgan fingerprint density at radius 2 is 1.90 bits per heavy atom. The summed E-state index contributed by atoms with van der Waals surface area (Å²) < 4.78 is 26.6. The quantitative estimate of drug-likeness (QED) is 0.785. The fraction of sp³-hybridized carbons (Fsp3) is 0.500. The summed E-state index contributed by atoms with van der Waals surface area (Å²) in [5.74, 6) is -0.158. The van der Waals surface area contributed by atoms with Gasteiger partial charge < -0.3 is 4.90 Å². The maximum Gasteiger partial charge on any atom is 0.215 e. The molecular formula is C14H21N3O2S. The van der Waals surface area contributed by atoms with Crippen molar-refractivity contribution in [1.29, 1.82) is 5.26 Å². The van der Waals surface area contributed by atoms with Gasteiger partial charge in [0.05, 0.1) is 17.4 Å². The Kier molecular flexibility index (Phi) is 6.65. The molecule has 0 aliphatic rings. The first kappa shape index (κ1) is 16.6. The first-order chi connectivity index (χ1) is 9.52. The molecule has 0 saturated heterocycles. The van der Waals surface area contributed by atoms with Crippen molar-refractivity contribution in [3.8, 4) is 6.07 Å². The van der Waals surface area contributed by atoms with E-state index in [-0.39, 0.29) is 5.75 Å². The molecule has 0 aromatic heterocycles. The Morgan fingerprint density at radius 1 is 1.25 bits per heavy atom. The third-order valence-corrected chi connectivity index (χ3v) is 4.46. The summed E-state index contributed by atoms with van der Waals surface area (Å²) in [6.07, 6.45) is 0. The fourth-order valence-electron chi connectivity index (χ4n) is 1.91. The molecule has 0 atom stereocenters. The minimum Gasteiger partial charge on any atom is -0.303 e. The summed E-state index contributed by atoms with van der Waals surface area (Å²) in [7, 11) is -3.41. The molecule has 6 heteroatoms. The molecule has 0 heterocycles. The molecule has 0 aliphatic heterocycles. The van der Waals surface area contributed by atoms with E-state index in [4.69, 9.17) is 5.26 Å². The Balaban J connectivity index is 2.60. The summed E-state index contributed by atoms with van der Waals surface area (Å²) in [5.41, 5.74) is 0.937. The minimum absolute atomic E-state index is 0.158. The third-order valence-electron chi connectivity index (χ3n) is 3.13. The summed E-state index contributed by atoms with van der Waals surface area (Å²) in [6.45, 7) is 6.96. The van der Waals surface area contributed by atoms with Crippen LogP contribution in [0.4, 0.5) is 0 Å². The number of benzene rings is 1. The van der Waals surface area contributed by atoms with Crippen molar-refractivity contribution >= 4 is 10.0 Å². The highest BCUT2D eigenvalue weighted by molar-refractivity contribution is 7.88. The van der Waals surface area contributed by atoms with Crippen LogP contribution in [0.2, 0.25) is 0 Å². The van der Waals surface area contributed by atoms with E-state index in [2.05, 4.69) is 9.62 Å². The van der Waals surface area contributed by atoms with E-state index in [9.17, 15) is 8.42 Å². The molecule has 0 radical (unpaired) electrons. The number of nitriles is 1. The van der Waals surface area contributed by atoms with Crippen LogP contribution in [-0.2, 0) is 15.8 Å². The molecule has 0 saturated carbocycles. The van der Waals surface area contributed by atoms with Gasteiger partial charge in [0, 0.05) is 13.1 Å². The number of hydrogen-bond acceptors (Lipinski definition) is 4. The highest BCUT2D eigenvalue weighted by atomic mass is 32.2. The average molecular weight is 295 g/mol. The van der Waals surface area contributed by atoms with Crippen LogP contribution in [0.1, 0.15) is 25.0 Å². The van der Waals surface area contributed by atoms with Crippen LogP contribution in [0.3, 0.4) is 0 Å². The Hall–Kier alpha value is -1.42. The molecule has 5 nitrogen and oxygen atoms in total. The monoisotopic (exact) mass is 295 g/mol. The van der Waals surface area contributed by atoms with Crippen LogP contribution in [-0.4, -0.2) is 39.5 Å². The molecule has 0 spiro atoms. The van der Waals surface area contributed by atoms with Crippen molar-refractivity contribution in [3.63, 3.8) is 0 Å². The molecule has 1 aromatic rings. The van der Waals surface area contributed by atoms with E-state index in [0.29, 0.717) is 24.2 Å². The Labute approximate surface area is 121 Å². The van der Waals surface area contributed by atoms with Crippen molar-refractivity contribution < 1.29 is 8.42 Å². The van der Waals surface area contributed by atoms with Crippen molar-refractivity contribution in [3.05, 3.63) is 35.4 Å². The summed E-state index contributed by atoms with van der Waals surface area (Å²) in [4.78, 5) is 2.14. The number of nitrogens with one attached hydrogen (secondary N) is 1. The molecule has 1 aromatic carbocycles. The first-order valence-corrected chi connectivity index (χ1v) is 8.35. The smallest absolute Gasteiger partial charge is 0.215 e. The number of hydrogen-bond donors (Lipinski definition) is 1. The summed E-state index contributed by atoms with van der Waals surface area (Å²) >= 11 is 0. The molecule has 0 bridgehead atoms. The molecule has 110 valence electrons. The van der Waals surface area contributed by atoms with Crippen molar-refractivity contribution in [2.24, 2.45) is 0 Å². The first-order valence-electron chi connectivity index (χ1n) is 6.70. The van der Waals surface area contributed by atoms with Gasteiger partial charge in [0.15, 0.2) is 0 Å². The lowest BCUT2D eigenvalue weighted by Crippen LogP contribution is -2.35. The fourth-order valence-corrected chi connectivity index (χ4v) is 3.08. The van der Waals surface area contributed by atoms with Gasteiger partial charge in [-0.05, 0) is 24.7 Å². The standard InChI is InChI=1S/C14H21N3O2S/c1-3-17(4-2)10-9-16-20(18,19)12-14-8-6-5-7-13(14)11-15/h5-8,16H,3-4,9-10,12H2,1-2H3. The second-order valence-corrected chi connectivity index (χ2v) is 6.26. The number of likely N-dealkylation sites (N-methyl/N-ethyl adjacent to an activating group) is 1. The zero-order chi connectivity index (χ0) is 15.0. The maximum absolute atomic E-state index is 12.0. The SMILES string of the molecule is CCN(CC)CCNS(=O)(=O)Cc1ccccc1C#N. The normalized spacial score (nSPS) is 11.5. The van der Waals surface area contributed by atoms with Crippen LogP contribution in [0.15, 0.2) is 24.3 Å². The van der Waals surface area contributed by atoms with E-state index < -0.39 is 10.0 Å². The molecule has 0 unspecified atom stereocenters. The predicted octanol–water partition coefficient (Wildman–Crippen LogP) is 1.32. The van der Waals surface area contributed by atoms with Gasteiger partial charge >= 0.3 is 0 Å². The van der Waals surface area contributed by atoms with Gasteiger partial charge in [-0.2, -0.15) is 5.26 Å². The zero-order valence-corrected chi connectivity index (χ0v) is 12.8. The molecule has 20 heavy (non-hydrogen) atoms. The zero-order valence-electron chi connectivity index (χ0n) is 12.0. The molecule has 0 aliphatic carbocycles. The number of sulfonamides is 1. The topological polar surface area (TPSA) is 73.2 Å². The van der Waals surface area contributed by atoms with Gasteiger partial charge in [0.1, 0.15) is 0 Å². The Morgan fingerprint density at radius 3 is 2.50 bits per heavy atom. The lowest BCUT2D eigenvalue weighted by atomic mass is 10.1. The molecular weight excluding hydrogens is 274 g/mol. The van der Waals surface area contributed by atoms with Crippen molar-refractivity contribution in [2.75, 3.05) is 26.2 Å². The second-order valence-electron chi connectivity index (χ2n) is 4.45. The highest BCUT2D eigenvalue weighted by Gasteiger charge is 2.14. The minimum atomic E-state index is -3.41. The predicted molar refractivity (Wildman–Crippen MR) is 79.6 cm³/mol. The molecule has 1 rings (SSSR count). The van der Waals surface area contributed by atoms with Crippen LogP contribution >= 0.6 is 0 Å². The third kappa shape index (κ3) is 5.29. The van der Waals surface area contributed by atoms with Crippen LogP contribution in [0, 0.1) is 11.3 Å². The van der Waals surface area contributed by atoms with Gasteiger partial charge in [0.25, 0.3) is 0 Å². The average Bonchev–Trinajstić information content (AvgIpc) is 2.44. The largest absolute Gasteiger partial charge is 0.303 e. The summed E-state index contributed by atoms with van der Waals surface area (Å²) in [6, 6.07) is 8.77. The van der Waals surface area contributed by atoms with Crippen molar-refractivity contribution in [1.82, 2.24) is 9.62 Å². The van der Waals surface area contributed by atoms with Crippen LogP contribution < -0.4 is 4.72 Å². The van der Waals surface area contributed by atoms with E-state index in [0.717, 1.165) is 13.1 Å². The molecule has 0 fully saturated rings. The van der Waals surface area contributed by atoms with E-state index >= 15 is 0 Å². The lowest BCUT2D eigenvalue weighted by Gasteiger charge is -2.18. The molecule has 0 amide bonds. The van der Waals surface area contributed by atoms with Gasteiger partial charge in [-0.1, -0.05) is 32.0 Å². The summed E-state index contributed by atoms with van der Waals surface area (Å²) in [5, 5.41) is 8.96. The lowest BCUT2D eigenvalue weighted by molar-refractivity contribution is 0.309. The van der Waals surface area contributed by atoms with Gasteiger partial charge in [0.2, 0.25) is 10.0 Å². The molecule has 1 N–H and O–H groups in total. The second kappa shape index (κ2) is 8.00. The van der Waals surface area contributed by atoms with E-state index in [1.807, 2.05) is 19.9 Å². The van der Waals surface area contributed by atoms with E-state index in [1.54, 1.807) is 24.3 Å². The van der Waals surface area contributed by atoms with Crippen LogP contribution in [0.5, 0.6) is 0 Å². The maximum atomic E-state index is 12.0. The number of rotatable bonds is 8. The van der Waals surface area contributed by atoms with E-state index in [1.165, 1.54) is 0 Å². The van der Waals surface area contributed by atoms with Crippen molar-refractivity contribution in [2.45, 2.75) is 19.6 Å². The number of nitrogens with zero attached hydrogens (tertiary/aromatic N) is 2.